The number of hydrogen-bond acceptors (Lipinski definition) is 6. The molecule has 2 aromatic carbocycles. The largest absolute Gasteiger partial charge is 0.396 e. The predicted octanol–water partition coefficient (Wildman–Crippen LogP) is 3.50. The van der Waals surface area contributed by atoms with Crippen molar-refractivity contribution < 1.29 is 19.7 Å². The lowest BCUT2D eigenvalue weighted by Gasteiger charge is -2.31. The zero-order valence-electron chi connectivity index (χ0n) is 16.3. The summed E-state index contributed by atoms with van der Waals surface area (Å²) in [4.78, 5) is 5.46. The molecule has 30 heavy (non-hydrogen) atoms. The molecule has 0 aliphatic carbocycles. The van der Waals surface area contributed by atoms with Crippen molar-refractivity contribution in [1.82, 2.24) is 0 Å². The lowest BCUT2D eigenvalue weighted by molar-refractivity contribution is -0.0940. The van der Waals surface area contributed by atoms with Gasteiger partial charge >= 0.3 is 0 Å². The molecule has 0 saturated heterocycles. The minimum absolute atomic E-state index is 0.111. The van der Waals surface area contributed by atoms with Crippen LogP contribution in [0, 0.1) is 0 Å². The summed E-state index contributed by atoms with van der Waals surface area (Å²) in [7, 11) is 0. The molecule has 0 spiro atoms. The van der Waals surface area contributed by atoms with Crippen molar-refractivity contribution in [3.05, 3.63) is 92.7 Å². The molecule has 2 aromatic rings. The van der Waals surface area contributed by atoms with Gasteiger partial charge in [0.1, 0.15) is 6.10 Å². The Morgan fingerprint density at radius 1 is 0.867 bits per heavy atom. The van der Waals surface area contributed by atoms with E-state index in [2.05, 4.69) is 20.1 Å². The Labute approximate surface area is 173 Å². The first kappa shape index (κ1) is 23.2. The number of nitrogens with zero attached hydrogens (tertiary/aromatic N) is 6. The molecule has 0 bridgehead atoms. The van der Waals surface area contributed by atoms with Gasteiger partial charge in [-0.3, -0.25) is 0 Å². The molecule has 0 unspecified atom stereocenters. The van der Waals surface area contributed by atoms with Crippen LogP contribution in [0.1, 0.15) is 11.1 Å². The summed E-state index contributed by atoms with van der Waals surface area (Å²) in [6.45, 7) is -0.293. The molecule has 2 rings (SSSR count). The zero-order chi connectivity index (χ0) is 21.6. The molecule has 0 saturated carbocycles. The third kappa shape index (κ3) is 7.38. The minimum Gasteiger partial charge on any atom is -0.396 e. The van der Waals surface area contributed by atoms with E-state index in [-0.39, 0.29) is 19.8 Å². The topological polar surface area (TPSA) is 156 Å². The van der Waals surface area contributed by atoms with E-state index in [0.29, 0.717) is 0 Å². The summed E-state index contributed by atoms with van der Waals surface area (Å²) in [5.74, 6) is 0. The van der Waals surface area contributed by atoms with E-state index in [1.54, 1.807) is 0 Å². The highest BCUT2D eigenvalue weighted by molar-refractivity contribution is 5.14. The molecule has 10 nitrogen and oxygen atoms in total. The van der Waals surface area contributed by atoms with Gasteiger partial charge < -0.3 is 19.7 Å². The highest BCUT2D eigenvalue weighted by Gasteiger charge is 2.34. The highest BCUT2D eigenvalue weighted by atomic mass is 16.5. The Kier molecular flexibility index (Phi) is 10.2. The number of aliphatic hydroxyl groups is 2. The van der Waals surface area contributed by atoms with Crippen LogP contribution in [0.5, 0.6) is 0 Å². The van der Waals surface area contributed by atoms with Crippen LogP contribution in [0.3, 0.4) is 0 Å². The summed E-state index contributed by atoms with van der Waals surface area (Å²) in [6.07, 6.45) is -2.27. The van der Waals surface area contributed by atoms with Crippen molar-refractivity contribution in [2.45, 2.75) is 37.5 Å². The fraction of sp³-hybridized carbons (Fsp3) is 0.400. The number of hydrogen-bond donors (Lipinski definition) is 2. The Hall–Kier alpha value is -3.10. The van der Waals surface area contributed by atoms with Crippen LogP contribution in [0.4, 0.5) is 0 Å². The van der Waals surface area contributed by atoms with Crippen LogP contribution in [-0.2, 0) is 22.7 Å². The quantitative estimate of drug-likeness (QED) is 0.293. The number of aliphatic hydroxyl groups excluding tert-OH is 2. The molecule has 0 fully saturated rings. The number of benzene rings is 2. The lowest BCUT2D eigenvalue weighted by atomic mass is 9.99. The number of rotatable bonds is 13. The van der Waals surface area contributed by atoms with E-state index < -0.39 is 30.9 Å². The van der Waals surface area contributed by atoms with Gasteiger partial charge in [-0.2, -0.15) is 0 Å². The minimum atomic E-state index is -1.20. The van der Waals surface area contributed by atoms with Gasteiger partial charge in [-0.25, -0.2) is 0 Å². The van der Waals surface area contributed by atoms with Gasteiger partial charge in [-0.15, -0.1) is 0 Å². The molecule has 4 atom stereocenters. The van der Waals surface area contributed by atoms with Crippen molar-refractivity contribution in [3.8, 4) is 0 Å². The number of azide groups is 2. The normalized spacial score (nSPS) is 14.6. The summed E-state index contributed by atoms with van der Waals surface area (Å²) >= 11 is 0. The average molecular weight is 412 g/mol. The van der Waals surface area contributed by atoms with Crippen molar-refractivity contribution >= 4 is 0 Å². The molecule has 0 aliphatic heterocycles. The maximum Gasteiger partial charge on any atom is 0.104 e. The summed E-state index contributed by atoms with van der Waals surface area (Å²) in [5.41, 5.74) is 19.5. The summed E-state index contributed by atoms with van der Waals surface area (Å²) in [5, 5.41) is 27.4. The Balaban J connectivity index is 2.14. The molecule has 0 heterocycles. The number of ether oxygens (including phenoxy) is 2. The highest BCUT2D eigenvalue weighted by Crippen LogP contribution is 2.19. The molecule has 158 valence electrons. The van der Waals surface area contributed by atoms with Crippen LogP contribution < -0.4 is 0 Å². The van der Waals surface area contributed by atoms with E-state index in [0.717, 1.165) is 11.1 Å². The second-order valence-corrected chi connectivity index (χ2v) is 6.48. The Morgan fingerprint density at radius 3 is 1.97 bits per heavy atom. The maximum absolute atomic E-state index is 10.7. The summed E-state index contributed by atoms with van der Waals surface area (Å²) in [6, 6.07) is 16.4. The van der Waals surface area contributed by atoms with Crippen LogP contribution in [0.15, 0.2) is 70.9 Å². The van der Waals surface area contributed by atoms with Crippen molar-refractivity contribution in [2.24, 2.45) is 10.2 Å². The van der Waals surface area contributed by atoms with Gasteiger partial charge in [0.2, 0.25) is 0 Å². The molecule has 0 aliphatic rings. The van der Waals surface area contributed by atoms with Crippen molar-refractivity contribution in [2.75, 3.05) is 13.2 Å². The second kappa shape index (κ2) is 13.2. The van der Waals surface area contributed by atoms with Crippen LogP contribution >= 0.6 is 0 Å². The van der Waals surface area contributed by atoms with Gasteiger partial charge in [-0.05, 0) is 22.2 Å². The summed E-state index contributed by atoms with van der Waals surface area (Å²) < 4.78 is 11.4. The van der Waals surface area contributed by atoms with Crippen LogP contribution in [0.2, 0.25) is 0 Å². The SMILES string of the molecule is [N-]=[N+]=N[C@@H]([C@H](OCc1ccccc1)[C@H](O)COCc1ccccc1)[C@H](CO)N=[N+]=[N-]. The van der Waals surface area contributed by atoms with Gasteiger partial charge in [0.15, 0.2) is 0 Å². The first-order valence-electron chi connectivity index (χ1n) is 9.34. The first-order valence-corrected chi connectivity index (χ1v) is 9.34. The molecule has 0 amide bonds. The average Bonchev–Trinajstić information content (AvgIpc) is 2.78. The third-order valence-corrected chi connectivity index (χ3v) is 4.37. The lowest BCUT2D eigenvalue weighted by Crippen LogP contribution is -2.47. The van der Waals surface area contributed by atoms with E-state index in [9.17, 15) is 10.2 Å². The van der Waals surface area contributed by atoms with Gasteiger partial charge in [0.25, 0.3) is 0 Å². The molecule has 2 N–H and O–H groups in total. The second-order valence-electron chi connectivity index (χ2n) is 6.48. The van der Waals surface area contributed by atoms with Crippen molar-refractivity contribution in [1.29, 1.82) is 0 Å². The molecular weight excluding hydrogens is 388 g/mol. The Bertz CT molecular complexity index is 841. The Morgan fingerprint density at radius 2 is 1.43 bits per heavy atom. The molecule has 0 radical (unpaired) electrons. The van der Waals surface area contributed by atoms with Crippen LogP contribution in [-0.4, -0.2) is 47.7 Å². The van der Waals surface area contributed by atoms with E-state index in [4.69, 9.17) is 20.5 Å². The van der Waals surface area contributed by atoms with Crippen LogP contribution in [0.25, 0.3) is 20.9 Å². The van der Waals surface area contributed by atoms with E-state index >= 15 is 0 Å². The predicted molar refractivity (Wildman–Crippen MR) is 110 cm³/mol. The fourth-order valence-corrected chi connectivity index (χ4v) is 2.87. The van der Waals surface area contributed by atoms with Crippen molar-refractivity contribution in [3.63, 3.8) is 0 Å². The smallest absolute Gasteiger partial charge is 0.104 e. The van der Waals surface area contributed by atoms with E-state index in [1.807, 2.05) is 60.7 Å². The zero-order valence-corrected chi connectivity index (χ0v) is 16.3. The standard InChI is InChI=1S/C20H24N6O4/c21-25-23-17(11-27)19(24-26-22)20(30-13-16-9-5-2-6-10-16)18(28)14-29-12-15-7-3-1-4-8-15/h1-10,17-20,27-28H,11-14H2/t17-,18+,19+,20+/m0/s1. The van der Waals surface area contributed by atoms with Gasteiger partial charge in [0.05, 0.1) is 44.6 Å². The third-order valence-electron chi connectivity index (χ3n) is 4.37. The van der Waals surface area contributed by atoms with Gasteiger partial charge in [-0.1, -0.05) is 70.9 Å². The van der Waals surface area contributed by atoms with E-state index in [1.165, 1.54) is 0 Å². The molecular formula is C20H24N6O4. The van der Waals surface area contributed by atoms with Gasteiger partial charge in [0, 0.05) is 9.82 Å². The molecule has 0 aromatic heterocycles. The monoisotopic (exact) mass is 412 g/mol. The first-order chi connectivity index (χ1) is 14.7. The maximum atomic E-state index is 10.7. The fourth-order valence-electron chi connectivity index (χ4n) is 2.87. The molecule has 10 heteroatoms.